The van der Waals surface area contributed by atoms with E-state index < -0.39 is 0 Å². The van der Waals surface area contributed by atoms with Gasteiger partial charge in [0.1, 0.15) is 17.1 Å². The highest BCUT2D eigenvalue weighted by Gasteiger charge is 2.11. The molecule has 0 bridgehead atoms. The van der Waals surface area contributed by atoms with Crippen LogP contribution in [0.3, 0.4) is 0 Å². The van der Waals surface area contributed by atoms with Gasteiger partial charge in [-0.2, -0.15) is 0 Å². The summed E-state index contributed by atoms with van der Waals surface area (Å²) in [5, 5.41) is 7.44. The first-order valence-corrected chi connectivity index (χ1v) is 10.8. The third-order valence-corrected chi connectivity index (χ3v) is 5.72. The van der Waals surface area contributed by atoms with Crippen molar-refractivity contribution in [1.82, 2.24) is 14.5 Å². The molecule has 29 heavy (non-hydrogen) atoms. The number of carbonyl (C=O) groups excluding carboxylic acids is 1. The van der Waals surface area contributed by atoms with E-state index in [-0.39, 0.29) is 18.0 Å². The molecule has 0 aliphatic rings. The second-order valence-electron chi connectivity index (χ2n) is 6.28. The van der Waals surface area contributed by atoms with E-state index in [1.807, 2.05) is 35.0 Å². The lowest BCUT2D eigenvalue weighted by molar-refractivity contribution is -0.116. The Kier molecular flexibility index (Phi) is 5.68. The Morgan fingerprint density at radius 2 is 2.03 bits per heavy atom. The Labute approximate surface area is 174 Å². The zero-order valence-electron chi connectivity index (χ0n) is 15.6. The number of carbonyl (C=O) groups is 1. The van der Waals surface area contributed by atoms with Crippen LogP contribution in [-0.2, 0) is 11.3 Å². The number of fused-ring (bicyclic) bond motifs is 1. The van der Waals surface area contributed by atoms with E-state index in [0.29, 0.717) is 22.0 Å². The number of rotatable bonds is 7. The van der Waals surface area contributed by atoms with Crippen molar-refractivity contribution in [2.24, 2.45) is 0 Å². The van der Waals surface area contributed by atoms with Gasteiger partial charge < -0.3 is 10.1 Å². The molecule has 0 spiro atoms. The first-order chi connectivity index (χ1) is 14.1. The topological polar surface area (TPSA) is 86.1 Å². The van der Waals surface area contributed by atoms with Crippen molar-refractivity contribution >= 4 is 43.9 Å². The lowest BCUT2D eigenvalue weighted by Crippen LogP contribution is -2.27. The Morgan fingerprint density at radius 1 is 1.21 bits per heavy atom. The van der Waals surface area contributed by atoms with Gasteiger partial charge in [-0.3, -0.25) is 14.2 Å². The maximum atomic E-state index is 12.4. The van der Waals surface area contributed by atoms with E-state index in [4.69, 9.17) is 4.74 Å². The molecule has 7 nitrogen and oxygen atoms in total. The van der Waals surface area contributed by atoms with Gasteiger partial charge in [-0.15, -0.1) is 22.7 Å². The summed E-state index contributed by atoms with van der Waals surface area (Å²) in [6, 6.07) is 9.40. The molecule has 0 fully saturated rings. The summed E-state index contributed by atoms with van der Waals surface area (Å²) in [5.41, 5.74) is 1.48. The molecule has 0 unspecified atom stereocenters. The van der Waals surface area contributed by atoms with E-state index >= 15 is 0 Å². The Hall–Kier alpha value is -3.04. The largest absolute Gasteiger partial charge is 0.494 e. The average molecular weight is 427 g/mol. The number of hydrogen-bond donors (Lipinski definition) is 1. The number of nitrogens with zero attached hydrogens (tertiary/aromatic N) is 3. The summed E-state index contributed by atoms with van der Waals surface area (Å²) in [6.07, 6.45) is 2.36. The number of thiophene rings is 1. The van der Waals surface area contributed by atoms with Gasteiger partial charge in [-0.25, -0.2) is 9.97 Å². The number of anilines is 1. The van der Waals surface area contributed by atoms with E-state index in [2.05, 4.69) is 22.2 Å². The maximum absolute atomic E-state index is 12.4. The normalized spacial score (nSPS) is 10.9. The SMILES string of the molecule is CCCOc1ccc(-c2csc(NC(=O)Cn3cnc4sccc4c3=O)n2)cc1. The van der Waals surface area contributed by atoms with Crippen molar-refractivity contribution in [2.45, 2.75) is 19.9 Å². The number of amides is 1. The highest BCUT2D eigenvalue weighted by atomic mass is 32.1. The van der Waals surface area contributed by atoms with Gasteiger partial charge in [0.05, 0.1) is 24.0 Å². The molecule has 1 amide bonds. The molecule has 9 heteroatoms. The molecule has 0 aliphatic heterocycles. The van der Waals surface area contributed by atoms with E-state index in [1.54, 1.807) is 6.07 Å². The lowest BCUT2D eigenvalue weighted by atomic mass is 10.2. The summed E-state index contributed by atoms with van der Waals surface area (Å²) in [4.78, 5) is 34.1. The molecular formula is C20H18N4O3S2. The second-order valence-corrected chi connectivity index (χ2v) is 8.03. The molecule has 0 radical (unpaired) electrons. The summed E-state index contributed by atoms with van der Waals surface area (Å²) in [5.74, 6) is 0.494. The molecule has 0 saturated carbocycles. The first kappa shape index (κ1) is 19.3. The predicted octanol–water partition coefficient (Wildman–Crippen LogP) is 4.01. The van der Waals surface area contributed by atoms with Crippen LogP contribution < -0.4 is 15.6 Å². The Balaban J connectivity index is 1.42. The molecule has 3 heterocycles. The van der Waals surface area contributed by atoms with Gasteiger partial charge >= 0.3 is 0 Å². The van der Waals surface area contributed by atoms with Crippen LogP contribution in [0, 0.1) is 0 Å². The third-order valence-electron chi connectivity index (χ3n) is 4.14. The highest BCUT2D eigenvalue weighted by Crippen LogP contribution is 2.26. The van der Waals surface area contributed by atoms with Gasteiger partial charge in [0, 0.05) is 10.9 Å². The fourth-order valence-corrected chi connectivity index (χ4v) is 4.18. The number of aromatic nitrogens is 3. The average Bonchev–Trinajstić information content (AvgIpc) is 3.39. The summed E-state index contributed by atoms with van der Waals surface area (Å²) in [7, 11) is 0. The maximum Gasteiger partial charge on any atom is 0.262 e. The van der Waals surface area contributed by atoms with Gasteiger partial charge in [-0.1, -0.05) is 6.92 Å². The molecule has 4 rings (SSSR count). The quantitative estimate of drug-likeness (QED) is 0.483. The minimum Gasteiger partial charge on any atom is -0.494 e. The third kappa shape index (κ3) is 4.36. The van der Waals surface area contributed by atoms with Gasteiger partial charge in [0.15, 0.2) is 5.13 Å². The molecule has 4 aromatic rings. The fourth-order valence-electron chi connectivity index (χ4n) is 2.73. The predicted molar refractivity (Wildman–Crippen MR) is 116 cm³/mol. The number of nitrogens with one attached hydrogen (secondary N) is 1. The summed E-state index contributed by atoms with van der Waals surface area (Å²) >= 11 is 2.73. The van der Waals surface area contributed by atoms with Crippen molar-refractivity contribution < 1.29 is 9.53 Å². The molecule has 0 saturated heterocycles. The minimum absolute atomic E-state index is 0.115. The number of ether oxygens (including phenoxy) is 1. The standard InChI is InChI=1S/C20H18N4O3S2/c1-2-8-27-14-5-3-13(4-6-14)16-11-29-20(22-16)23-17(25)10-24-12-21-18-15(19(24)26)7-9-28-18/h3-7,9,11-12H,2,8,10H2,1H3,(H,22,23,25). The van der Waals surface area contributed by atoms with Crippen LogP contribution in [0.25, 0.3) is 21.5 Å². The van der Waals surface area contributed by atoms with Crippen molar-refractivity contribution in [2.75, 3.05) is 11.9 Å². The molecule has 0 aliphatic carbocycles. The van der Waals surface area contributed by atoms with E-state index in [0.717, 1.165) is 23.4 Å². The minimum atomic E-state index is -0.326. The lowest BCUT2D eigenvalue weighted by Gasteiger charge is -2.05. The molecule has 1 N–H and O–H groups in total. The fraction of sp³-hybridized carbons (Fsp3) is 0.200. The van der Waals surface area contributed by atoms with E-state index in [1.165, 1.54) is 33.6 Å². The first-order valence-electron chi connectivity index (χ1n) is 9.05. The zero-order valence-corrected chi connectivity index (χ0v) is 17.3. The molecule has 0 atom stereocenters. The van der Waals surface area contributed by atoms with Crippen LogP contribution in [0.2, 0.25) is 0 Å². The Bertz CT molecular complexity index is 1190. The van der Waals surface area contributed by atoms with E-state index in [9.17, 15) is 9.59 Å². The summed E-state index contributed by atoms with van der Waals surface area (Å²) in [6.45, 7) is 2.63. The molecule has 3 aromatic heterocycles. The number of benzene rings is 1. The van der Waals surface area contributed by atoms with Crippen LogP contribution >= 0.6 is 22.7 Å². The van der Waals surface area contributed by atoms with Crippen LogP contribution in [0.4, 0.5) is 5.13 Å². The molecule has 148 valence electrons. The van der Waals surface area contributed by atoms with Crippen molar-refractivity contribution in [3.63, 3.8) is 0 Å². The van der Waals surface area contributed by atoms with Gasteiger partial charge in [0.2, 0.25) is 5.91 Å². The number of thiazole rings is 1. The van der Waals surface area contributed by atoms with Crippen LogP contribution in [0.5, 0.6) is 5.75 Å². The summed E-state index contributed by atoms with van der Waals surface area (Å²) < 4.78 is 6.88. The molecular weight excluding hydrogens is 408 g/mol. The van der Waals surface area contributed by atoms with Crippen LogP contribution in [0.1, 0.15) is 13.3 Å². The zero-order chi connectivity index (χ0) is 20.2. The van der Waals surface area contributed by atoms with Crippen molar-refractivity contribution in [3.8, 4) is 17.0 Å². The van der Waals surface area contributed by atoms with Crippen LogP contribution in [0.15, 0.2) is 52.2 Å². The Morgan fingerprint density at radius 3 is 2.83 bits per heavy atom. The highest BCUT2D eigenvalue weighted by molar-refractivity contribution is 7.16. The second kappa shape index (κ2) is 8.54. The van der Waals surface area contributed by atoms with Gasteiger partial charge in [-0.05, 0) is 42.1 Å². The smallest absolute Gasteiger partial charge is 0.262 e. The molecule has 1 aromatic carbocycles. The van der Waals surface area contributed by atoms with Crippen molar-refractivity contribution in [1.29, 1.82) is 0 Å². The van der Waals surface area contributed by atoms with Crippen molar-refractivity contribution in [3.05, 3.63) is 57.8 Å². The monoisotopic (exact) mass is 426 g/mol. The number of hydrogen-bond acceptors (Lipinski definition) is 7. The van der Waals surface area contributed by atoms with Gasteiger partial charge in [0.25, 0.3) is 5.56 Å². The van der Waals surface area contributed by atoms with Crippen LogP contribution in [-0.4, -0.2) is 27.0 Å².